The molecule has 2 aromatic rings. The maximum absolute atomic E-state index is 12.7. The third kappa shape index (κ3) is 3.45. The monoisotopic (exact) mass is 336 g/mol. The number of methoxy groups -OCH3 is 1. The second-order valence-corrected chi connectivity index (χ2v) is 5.12. The summed E-state index contributed by atoms with van der Waals surface area (Å²) in [5.41, 5.74) is -0.0741. The van der Waals surface area contributed by atoms with E-state index >= 15 is 0 Å². The number of thiazole rings is 1. The van der Waals surface area contributed by atoms with Crippen LogP contribution < -0.4 is 10.1 Å². The van der Waals surface area contributed by atoms with Gasteiger partial charge in [-0.3, -0.25) is 4.79 Å². The number of benzene rings is 1. The van der Waals surface area contributed by atoms with Crippen molar-refractivity contribution in [3.8, 4) is 5.75 Å². The number of ether oxygens (including phenoxy) is 1. The van der Waals surface area contributed by atoms with Crippen LogP contribution in [0.1, 0.15) is 15.4 Å². The minimum Gasteiger partial charge on any atom is -0.495 e. The smallest absolute Gasteiger partial charge is 0.434 e. The van der Waals surface area contributed by atoms with Crippen LogP contribution in [-0.2, 0) is 6.18 Å². The van der Waals surface area contributed by atoms with Gasteiger partial charge in [0.05, 0.1) is 18.3 Å². The first-order valence-electron chi connectivity index (χ1n) is 5.48. The number of hydrogen-bond donors (Lipinski definition) is 1. The lowest BCUT2D eigenvalue weighted by molar-refractivity contribution is -0.141. The summed E-state index contributed by atoms with van der Waals surface area (Å²) in [6.07, 6.45) is -4.69. The number of nitrogens with one attached hydrogen (secondary N) is 1. The molecule has 0 aliphatic heterocycles. The van der Waals surface area contributed by atoms with E-state index in [2.05, 4.69) is 10.3 Å². The predicted octanol–water partition coefficient (Wildman–Crippen LogP) is 4.08. The Bertz CT molecular complexity index is 673. The molecule has 0 saturated heterocycles. The Morgan fingerprint density at radius 1 is 1.43 bits per heavy atom. The zero-order chi connectivity index (χ0) is 15.6. The molecule has 112 valence electrons. The Morgan fingerprint density at radius 2 is 2.14 bits per heavy atom. The van der Waals surface area contributed by atoms with Gasteiger partial charge in [-0.05, 0) is 18.2 Å². The summed E-state index contributed by atoms with van der Waals surface area (Å²) in [5.74, 6) is -0.642. The van der Waals surface area contributed by atoms with E-state index in [-0.39, 0.29) is 11.4 Å². The van der Waals surface area contributed by atoms with Gasteiger partial charge in [0.2, 0.25) is 0 Å². The van der Waals surface area contributed by atoms with Crippen LogP contribution >= 0.6 is 22.9 Å². The molecule has 0 aliphatic rings. The average molecular weight is 337 g/mol. The van der Waals surface area contributed by atoms with E-state index in [0.29, 0.717) is 16.4 Å². The van der Waals surface area contributed by atoms with Crippen molar-refractivity contribution in [1.82, 2.24) is 4.98 Å². The summed E-state index contributed by atoms with van der Waals surface area (Å²) < 4.78 is 43.1. The van der Waals surface area contributed by atoms with Crippen LogP contribution in [0, 0.1) is 0 Å². The van der Waals surface area contributed by atoms with E-state index in [1.54, 1.807) is 0 Å². The third-order valence-corrected chi connectivity index (χ3v) is 3.51. The third-order valence-electron chi connectivity index (χ3n) is 2.45. The van der Waals surface area contributed by atoms with Gasteiger partial charge in [0.1, 0.15) is 10.6 Å². The number of aromatic nitrogens is 1. The summed E-state index contributed by atoms with van der Waals surface area (Å²) in [6.45, 7) is 0. The lowest BCUT2D eigenvalue weighted by Crippen LogP contribution is -2.17. The highest BCUT2D eigenvalue weighted by atomic mass is 35.5. The second kappa shape index (κ2) is 5.90. The molecule has 1 aromatic carbocycles. The van der Waals surface area contributed by atoms with Crippen molar-refractivity contribution in [2.45, 2.75) is 6.18 Å². The summed E-state index contributed by atoms with van der Waals surface area (Å²) in [7, 11) is 1.37. The molecular weight excluding hydrogens is 329 g/mol. The van der Waals surface area contributed by atoms with E-state index in [4.69, 9.17) is 16.3 Å². The van der Waals surface area contributed by atoms with E-state index in [0.717, 1.165) is 5.51 Å². The number of amides is 1. The average Bonchev–Trinajstić information content (AvgIpc) is 2.88. The standard InChI is InChI=1S/C12H8ClF3N2O2S/c1-20-8-3-2-6(13)4-7(8)18-11(19)9-10(12(14,15)16)17-5-21-9/h2-5H,1H3,(H,18,19). The molecule has 1 heterocycles. The first kappa shape index (κ1) is 15.6. The van der Waals surface area contributed by atoms with Crippen LogP contribution in [0.4, 0.5) is 18.9 Å². The predicted molar refractivity (Wildman–Crippen MR) is 73.1 cm³/mol. The fraction of sp³-hybridized carbons (Fsp3) is 0.167. The van der Waals surface area contributed by atoms with Gasteiger partial charge < -0.3 is 10.1 Å². The zero-order valence-corrected chi connectivity index (χ0v) is 12.1. The molecule has 0 spiro atoms. The van der Waals surface area contributed by atoms with Gasteiger partial charge in [-0.25, -0.2) is 4.98 Å². The van der Waals surface area contributed by atoms with Gasteiger partial charge in [-0.1, -0.05) is 11.6 Å². The Balaban J connectivity index is 2.31. The Kier molecular flexibility index (Phi) is 4.38. The molecule has 1 N–H and O–H groups in total. The van der Waals surface area contributed by atoms with Crippen molar-refractivity contribution in [2.75, 3.05) is 12.4 Å². The summed E-state index contributed by atoms with van der Waals surface area (Å²) in [4.78, 5) is 14.6. The minimum absolute atomic E-state index is 0.177. The Morgan fingerprint density at radius 3 is 2.76 bits per heavy atom. The van der Waals surface area contributed by atoms with Crippen LogP contribution in [-0.4, -0.2) is 18.0 Å². The molecule has 0 bridgehead atoms. The maximum Gasteiger partial charge on any atom is 0.434 e. The van der Waals surface area contributed by atoms with Crippen molar-refractivity contribution < 1.29 is 22.7 Å². The van der Waals surface area contributed by atoms with Crippen LogP contribution in [0.15, 0.2) is 23.7 Å². The minimum atomic E-state index is -4.69. The Labute approximate surface area is 126 Å². The molecule has 0 atom stereocenters. The van der Waals surface area contributed by atoms with Gasteiger partial charge >= 0.3 is 6.18 Å². The summed E-state index contributed by atoms with van der Waals surface area (Å²) in [5, 5.41) is 2.65. The van der Waals surface area contributed by atoms with E-state index in [1.807, 2.05) is 0 Å². The second-order valence-electron chi connectivity index (χ2n) is 3.83. The summed E-state index contributed by atoms with van der Waals surface area (Å²) >= 11 is 6.39. The summed E-state index contributed by atoms with van der Waals surface area (Å²) in [6, 6.07) is 4.41. The maximum atomic E-state index is 12.7. The quantitative estimate of drug-likeness (QED) is 0.919. The van der Waals surface area contributed by atoms with Gasteiger partial charge in [0.15, 0.2) is 5.69 Å². The van der Waals surface area contributed by atoms with Crippen LogP contribution in [0.25, 0.3) is 0 Å². The van der Waals surface area contributed by atoms with E-state index in [1.165, 1.54) is 25.3 Å². The molecule has 0 unspecified atom stereocenters. The number of halogens is 4. The number of rotatable bonds is 3. The molecule has 4 nitrogen and oxygen atoms in total. The number of nitrogens with zero attached hydrogens (tertiary/aromatic N) is 1. The molecule has 1 amide bonds. The molecule has 0 aliphatic carbocycles. The van der Waals surface area contributed by atoms with Crippen molar-refractivity contribution in [3.05, 3.63) is 39.3 Å². The van der Waals surface area contributed by atoms with Gasteiger partial charge in [-0.2, -0.15) is 13.2 Å². The largest absolute Gasteiger partial charge is 0.495 e. The number of anilines is 1. The SMILES string of the molecule is COc1ccc(Cl)cc1NC(=O)c1scnc1C(F)(F)F. The van der Waals surface area contributed by atoms with Crippen molar-refractivity contribution in [1.29, 1.82) is 0 Å². The van der Waals surface area contributed by atoms with Crippen molar-refractivity contribution in [2.24, 2.45) is 0 Å². The highest BCUT2D eigenvalue weighted by Crippen LogP contribution is 2.34. The first-order valence-corrected chi connectivity index (χ1v) is 6.74. The fourth-order valence-corrected chi connectivity index (χ4v) is 2.44. The molecule has 21 heavy (non-hydrogen) atoms. The van der Waals surface area contributed by atoms with Crippen molar-refractivity contribution >= 4 is 34.5 Å². The van der Waals surface area contributed by atoms with E-state index in [9.17, 15) is 18.0 Å². The zero-order valence-electron chi connectivity index (χ0n) is 10.5. The van der Waals surface area contributed by atoms with Crippen LogP contribution in [0.3, 0.4) is 0 Å². The normalized spacial score (nSPS) is 11.3. The first-order chi connectivity index (χ1) is 9.82. The molecule has 2 rings (SSSR count). The van der Waals surface area contributed by atoms with Crippen molar-refractivity contribution in [3.63, 3.8) is 0 Å². The van der Waals surface area contributed by atoms with Crippen LogP contribution in [0.5, 0.6) is 5.75 Å². The Hall–Kier alpha value is -1.80. The lowest BCUT2D eigenvalue weighted by Gasteiger charge is -2.11. The molecule has 0 radical (unpaired) electrons. The highest BCUT2D eigenvalue weighted by Gasteiger charge is 2.38. The van der Waals surface area contributed by atoms with Crippen LogP contribution in [0.2, 0.25) is 5.02 Å². The molecule has 0 saturated carbocycles. The lowest BCUT2D eigenvalue weighted by atomic mass is 10.2. The molecule has 0 fully saturated rings. The van der Waals surface area contributed by atoms with Gasteiger partial charge in [0.25, 0.3) is 5.91 Å². The molecule has 9 heteroatoms. The number of alkyl halides is 3. The topological polar surface area (TPSA) is 51.2 Å². The number of carbonyl (C=O) groups excluding carboxylic acids is 1. The number of carbonyl (C=O) groups is 1. The molecular formula is C12H8ClF3N2O2S. The van der Waals surface area contributed by atoms with E-state index < -0.39 is 22.7 Å². The van der Waals surface area contributed by atoms with Gasteiger partial charge in [0, 0.05) is 5.02 Å². The molecule has 1 aromatic heterocycles. The van der Waals surface area contributed by atoms with Gasteiger partial charge in [-0.15, -0.1) is 11.3 Å². The fourth-order valence-electron chi connectivity index (χ4n) is 1.57. The highest BCUT2D eigenvalue weighted by molar-refractivity contribution is 7.12. The number of hydrogen-bond acceptors (Lipinski definition) is 4.